The molecule has 0 N–H and O–H groups in total. The van der Waals surface area contributed by atoms with Gasteiger partial charge < -0.3 is 19.6 Å². The minimum Gasteiger partial charge on any atom is -0.585 e. The number of aliphatic imine (C=N–C) groups is 1. The number of imide groups is 1. The first-order chi connectivity index (χ1) is 14.5. The number of carbonyl (C=O) groups excluding carboxylic acids is 3. The molecule has 2 heterocycles. The zero-order valence-corrected chi connectivity index (χ0v) is 21.6. The van der Waals surface area contributed by atoms with Gasteiger partial charge in [0.25, 0.3) is 0 Å². The molecule has 166 valence electrons. The van der Waals surface area contributed by atoms with Crippen LogP contribution in [0.5, 0.6) is 0 Å². The Labute approximate surface area is 211 Å². The number of amidine groups is 1. The average Bonchev–Trinajstić information content (AvgIpc) is 3.07. The van der Waals surface area contributed by atoms with Crippen molar-refractivity contribution in [2.24, 2.45) is 16.8 Å². The maximum atomic E-state index is 13.0. The summed E-state index contributed by atoms with van der Waals surface area (Å²) in [6.45, 7) is 3.20. The summed E-state index contributed by atoms with van der Waals surface area (Å²) < 4.78 is 6.13. The van der Waals surface area contributed by atoms with Crippen molar-refractivity contribution in [1.29, 1.82) is 0 Å². The Morgan fingerprint density at radius 2 is 1.84 bits per heavy atom. The summed E-state index contributed by atoms with van der Waals surface area (Å²) in [5.41, 5.74) is 0. The van der Waals surface area contributed by atoms with Gasteiger partial charge in [0.15, 0.2) is 0 Å². The summed E-state index contributed by atoms with van der Waals surface area (Å²) in [5, 5.41) is 2.88. The standard InChI is InChI=1S/C22H33N3O4S.Na/c1-2-19-23-17-6-4-3-5-16(17)21(27)25(19)11-12-29-15-9-7-14(8-10-15)13-18-20(26)24-22(28)30-18;/h14-18H,2-13H2,1H3,(H,24,26,28);/q;+1/p-1. The topological polar surface area (TPSA) is 90.1 Å². The molecule has 31 heavy (non-hydrogen) atoms. The Balaban J connectivity index is 0.00000272. The number of nitrogens with zero attached hydrogens (tertiary/aromatic N) is 3. The van der Waals surface area contributed by atoms with Crippen molar-refractivity contribution in [3.05, 3.63) is 5.32 Å². The summed E-state index contributed by atoms with van der Waals surface area (Å²) >= 11 is 1.07. The van der Waals surface area contributed by atoms with Crippen molar-refractivity contribution in [3.63, 3.8) is 0 Å². The minimum atomic E-state index is -0.344. The first kappa shape index (κ1) is 25.2. The van der Waals surface area contributed by atoms with Gasteiger partial charge in [-0.25, -0.2) is 0 Å². The number of fused-ring (bicyclic) bond motifs is 1. The summed E-state index contributed by atoms with van der Waals surface area (Å²) in [6.07, 6.45) is 10.0. The number of hydrogen-bond acceptors (Lipinski definition) is 6. The van der Waals surface area contributed by atoms with E-state index in [1.54, 1.807) is 0 Å². The molecule has 7 nitrogen and oxygen atoms in total. The maximum absolute atomic E-state index is 13.0. The molecular weight excluding hydrogens is 425 g/mol. The van der Waals surface area contributed by atoms with Crippen molar-refractivity contribution < 1.29 is 48.7 Å². The van der Waals surface area contributed by atoms with Crippen molar-refractivity contribution in [3.8, 4) is 0 Å². The normalized spacial score (nSPS) is 33.5. The van der Waals surface area contributed by atoms with Crippen LogP contribution >= 0.6 is 11.8 Å². The molecule has 0 bridgehead atoms. The van der Waals surface area contributed by atoms with Gasteiger partial charge in [-0.1, -0.05) is 31.5 Å². The Kier molecular flexibility index (Phi) is 9.47. The molecule has 3 fully saturated rings. The predicted molar refractivity (Wildman–Crippen MR) is 117 cm³/mol. The van der Waals surface area contributed by atoms with E-state index in [0.717, 1.165) is 75.4 Å². The van der Waals surface area contributed by atoms with E-state index in [0.29, 0.717) is 19.1 Å². The van der Waals surface area contributed by atoms with E-state index in [1.807, 2.05) is 4.90 Å². The van der Waals surface area contributed by atoms with Crippen LogP contribution in [0.1, 0.15) is 71.1 Å². The van der Waals surface area contributed by atoms with Crippen molar-refractivity contribution in [2.45, 2.75) is 88.5 Å². The van der Waals surface area contributed by atoms with E-state index in [1.165, 1.54) is 6.42 Å². The van der Waals surface area contributed by atoms with E-state index >= 15 is 0 Å². The van der Waals surface area contributed by atoms with Crippen molar-refractivity contribution >= 4 is 34.7 Å². The Hall–Kier alpha value is -0.410. The number of hydrogen-bond donors (Lipinski definition) is 0. The zero-order valence-electron chi connectivity index (χ0n) is 18.8. The summed E-state index contributed by atoms with van der Waals surface area (Å²) in [7, 11) is 0. The Morgan fingerprint density at radius 3 is 2.52 bits per heavy atom. The van der Waals surface area contributed by atoms with Gasteiger partial charge in [0.2, 0.25) is 5.91 Å². The van der Waals surface area contributed by atoms with Crippen LogP contribution < -0.4 is 29.6 Å². The number of ether oxygens (including phenoxy) is 1. The van der Waals surface area contributed by atoms with Crippen LogP contribution in [0.15, 0.2) is 4.99 Å². The van der Waals surface area contributed by atoms with E-state index in [2.05, 4.69) is 12.2 Å². The Morgan fingerprint density at radius 1 is 1.10 bits per heavy atom. The van der Waals surface area contributed by atoms with Gasteiger partial charge in [-0.05, 0) is 50.9 Å². The third-order valence-corrected chi connectivity index (χ3v) is 7.96. The van der Waals surface area contributed by atoms with Gasteiger partial charge in [0, 0.05) is 6.42 Å². The molecule has 2 saturated carbocycles. The van der Waals surface area contributed by atoms with Crippen LogP contribution in [0.3, 0.4) is 0 Å². The number of rotatable bonds is 7. The zero-order chi connectivity index (χ0) is 21.1. The van der Waals surface area contributed by atoms with Crippen LogP contribution in [0, 0.1) is 11.8 Å². The molecular formula is C22H32N3NaO4S. The molecule has 9 heteroatoms. The first-order valence-electron chi connectivity index (χ1n) is 11.5. The molecule has 0 radical (unpaired) electrons. The van der Waals surface area contributed by atoms with Gasteiger partial charge in [-0.3, -0.25) is 14.7 Å². The fourth-order valence-electron chi connectivity index (χ4n) is 5.32. The van der Waals surface area contributed by atoms with E-state index in [4.69, 9.17) is 9.73 Å². The summed E-state index contributed by atoms with van der Waals surface area (Å²) in [4.78, 5) is 42.7. The second-order valence-corrected chi connectivity index (χ2v) is 10.1. The molecule has 4 aliphatic rings. The third kappa shape index (κ3) is 6.14. The van der Waals surface area contributed by atoms with Gasteiger partial charge in [0.1, 0.15) is 11.1 Å². The molecule has 3 atom stereocenters. The fraction of sp³-hybridized carbons (Fsp3) is 0.818. The van der Waals surface area contributed by atoms with Crippen LogP contribution in [0.4, 0.5) is 4.79 Å². The summed E-state index contributed by atoms with van der Waals surface area (Å²) in [5.74, 6) is 1.44. The van der Waals surface area contributed by atoms with E-state index in [9.17, 15) is 14.4 Å². The second kappa shape index (κ2) is 11.6. The third-order valence-electron chi connectivity index (χ3n) is 6.98. The largest absolute Gasteiger partial charge is 1.00 e. The molecule has 0 aromatic heterocycles. The molecule has 2 aliphatic carbocycles. The molecule has 0 aromatic rings. The molecule has 2 aliphatic heterocycles. The van der Waals surface area contributed by atoms with Gasteiger partial charge in [-0.2, -0.15) is 0 Å². The monoisotopic (exact) mass is 457 g/mol. The van der Waals surface area contributed by atoms with Crippen LogP contribution in [0.25, 0.3) is 5.32 Å². The maximum Gasteiger partial charge on any atom is 1.00 e. The van der Waals surface area contributed by atoms with Gasteiger partial charge in [0.05, 0.1) is 42.4 Å². The molecule has 0 aromatic carbocycles. The SMILES string of the molecule is CCC1=NC2CCCCC2C(=O)N1CCOC1CCC(CC2SC(=O)[N-]C2=O)CC1.[Na+]. The number of amides is 3. The van der Waals surface area contributed by atoms with Gasteiger partial charge >= 0.3 is 29.6 Å². The second-order valence-electron chi connectivity index (χ2n) is 8.92. The fourth-order valence-corrected chi connectivity index (χ4v) is 6.23. The van der Waals surface area contributed by atoms with Crippen molar-refractivity contribution in [1.82, 2.24) is 4.90 Å². The van der Waals surface area contributed by atoms with Crippen LogP contribution in [-0.2, 0) is 14.3 Å². The summed E-state index contributed by atoms with van der Waals surface area (Å²) in [6, 6.07) is 0.196. The predicted octanol–water partition coefficient (Wildman–Crippen LogP) is 1.30. The molecule has 1 saturated heterocycles. The van der Waals surface area contributed by atoms with Crippen LogP contribution in [0.2, 0.25) is 0 Å². The molecule has 0 spiro atoms. The molecule has 3 unspecified atom stereocenters. The number of thioether (sulfide) groups is 1. The van der Waals surface area contributed by atoms with E-state index < -0.39 is 0 Å². The molecule has 3 amide bonds. The van der Waals surface area contributed by atoms with Gasteiger partial charge in [-0.15, -0.1) is 0 Å². The van der Waals surface area contributed by atoms with Crippen molar-refractivity contribution in [2.75, 3.05) is 13.2 Å². The van der Waals surface area contributed by atoms with E-state index in [-0.39, 0.29) is 69.9 Å². The quantitative estimate of drug-likeness (QED) is 0.538. The first-order valence-corrected chi connectivity index (χ1v) is 12.4. The van der Waals surface area contributed by atoms with Crippen LogP contribution in [-0.4, -0.2) is 58.3 Å². The number of carbonyl (C=O) groups is 3. The Bertz CT molecular complexity index is 711. The minimum absolute atomic E-state index is 0. The smallest absolute Gasteiger partial charge is 0.585 e. The average molecular weight is 458 g/mol. The molecule has 4 rings (SSSR count).